The molecule has 2 rings (SSSR count). The lowest BCUT2D eigenvalue weighted by Gasteiger charge is -2.06. The van der Waals surface area contributed by atoms with E-state index in [2.05, 4.69) is 23.2 Å². The molecule has 0 spiro atoms. The number of ether oxygens (including phenoxy) is 2. The molecular weight excluding hydrogens is 356 g/mol. The van der Waals surface area contributed by atoms with E-state index in [-0.39, 0.29) is 18.2 Å². The summed E-state index contributed by atoms with van der Waals surface area (Å²) >= 11 is 0. The van der Waals surface area contributed by atoms with Gasteiger partial charge < -0.3 is 9.47 Å². The molecule has 0 radical (unpaired) electrons. The summed E-state index contributed by atoms with van der Waals surface area (Å²) in [5.74, 6) is 5.13. The predicted octanol–water partition coefficient (Wildman–Crippen LogP) is 3.51. The number of carbonyl (C=O) groups is 3. The molecule has 0 aliphatic carbocycles. The standard InChI is InChI=1S/C23H20O5/c1-3-20(24)6-4-5-17-7-12-19(13-8-17)23(26)28-21-14-9-18(10-15-21)11-16-22(25)27-2/h3,7-10,12-15H,1,6,11,16H2,2H3. The zero-order valence-electron chi connectivity index (χ0n) is 15.6. The largest absolute Gasteiger partial charge is 0.469 e. The second kappa shape index (κ2) is 10.5. The van der Waals surface area contributed by atoms with Crippen LogP contribution in [0.1, 0.15) is 34.3 Å². The highest BCUT2D eigenvalue weighted by Crippen LogP contribution is 2.16. The first-order valence-electron chi connectivity index (χ1n) is 8.64. The number of hydrogen-bond donors (Lipinski definition) is 0. The lowest BCUT2D eigenvalue weighted by molar-refractivity contribution is -0.140. The maximum atomic E-state index is 12.2. The number of esters is 2. The van der Waals surface area contributed by atoms with Crippen molar-refractivity contribution in [3.05, 3.63) is 77.9 Å². The summed E-state index contributed by atoms with van der Waals surface area (Å²) in [6.07, 6.45) is 2.21. The summed E-state index contributed by atoms with van der Waals surface area (Å²) in [5, 5.41) is 0. The van der Waals surface area contributed by atoms with Crippen LogP contribution in [-0.2, 0) is 20.7 Å². The van der Waals surface area contributed by atoms with Gasteiger partial charge in [0.2, 0.25) is 0 Å². The van der Waals surface area contributed by atoms with Gasteiger partial charge in [-0.2, -0.15) is 0 Å². The molecule has 5 heteroatoms. The lowest BCUT2D eigenvalue weighted by atomic mass is 10.1. The van der Waals surface area contributed by atoms with Crippen LogP contribution in [0.2, 0.25) is 0 Å². The first-order chi connectivity index (χ1) is 13.5. The summed E-state index contributed by atoms with van der Waals surface area (Å²) in [5.41, 5.74) is 2.04. The second-order valence-corrected chi connectivity index (χ2v) is 5.84. The van der Waals surface area contributed by atoms with Crippen molar-refractivity contribution >= 4 is 17.7 Å². The summed E-state index contributed by atoms with van der Waals surface area (Å²) in [4.78, 5) is 34.5. The first-order valence-corrected chi connectivity index (χ1v) is 8.64. The van der Waals surface area contributed by atoms with Crippen LogP contribution in [0.15, 0.2) is 61.2 Å². The fraction of sp³-hybridized carbons (Fsp3) is 0.174. The molecule has 0 bridgehead atoms. The summed E-state index contributed by atoms with van der Waals surface area (Å²) in [6.45, 7) is 3.39. The van der Waals surface area contributed by atoms with Gasteiger partial charge in [0.25, 0.3) is 0 Å². The van der Waals surface area contributed by atoms with Gasteiger partial charge in [-0.25, -0.2) is 4.79 Å². The van der Waals surface area contributed by atoms with Gasteiger partial charge >= 0.3 is 11.9 Å². The summed E-state index contributed by atoms with van der Waals surface area (Å²) in [6, 6.07) is 13.6. The predicted molar refractivity (Wildman–Crippen MR) is 105 cm³/mol. The third kappa shape index (κ3) is 6.58. The van der Waals surface area contributed by atoms with Crippen LogP contribution in [0.3, 0.4) is 0 Å². The van der Waals surface area contributed by atoms with E-state index in [1.54, 1.807) is 48.5 Å². The van der Waals surface area contributed by atoms with Gasteiger partial charge in [0.15, 0.2) is 5.78 Å². The number of methoxy groups -OCH3 is 1. The van der Waals surface area contributed by atoms with Gasteiger partial charge in [0, 0.05) is 12.0 Å². The molecule has 0 unspecified atom stereocenters. The molecule has 0 aliphatic rings. The maximum absolute atomic E-state index is 12.2. The van der Waals surface area contributed by atoms with E-state index < -0.39 is 5.97 Å². The van der Waals surface area contributed by atoms with E-state index in [1.165, 1.54) is 13.2 Å². The molecule has 2 aromatic carbocycles. The van der Waals surface area contributed by atoms with Crippen molar-refractivity contribution in [1.82, 2.24) is 0 Å². The fourth-order valence-electron chi connectivity index (χ4n) is 2.23. The number of carbonyl (C=O) groups excluding carboxylic acids is 3. The van der Waals surface area contributed by atoms with Gasteiger partial charge in [-0.15, -0.1) is 0 Å². The molecule has 0 aliphatic heterocycles. The van der Waals surface area contributed by atoms with Crippen molar-refractivity contribution in [2.45, 2.75) is 19.3 Å². The molecule has 0 amide bonds. The Balaban J connectivity index is 1.92. The third-order valence-corrected chi connectivity index (χ3v) is 3.82. The molecule has 0 saturated heterocycles. The highest BCUT2D eigenvalue weighted by atomic mass is 16.5. The highest BCUT2D eigenvalue weighted by Gasteiger charge is 2.09. The Hall–Kier alpha value is -3.65. The molecule has 5 nitrogen and oxygen atoms in total. The smallest absolute Gasteiger partial charge is 0.343 e. The first kappa shape index (κ1) is 20.7. The Morgan fingerprint density at radius 2 is 1.71 bits per heavy atom. The molecule has 0 aromatic heterocycles. The number of aryl methyl sites for hydroxylation is 1. The number of allylic oxidation sites excluding steroid dienone is 1. The zero-order chi connectivity index (χ0) is 20.4. The Morgan fingerprint density at radius 1 is 1.04 bits per heavy atom. The van der Waals surface area contributed by atoms with Crippen LogP contribution in [0.25, 0.3) is 0 Å². The average Bonchev–Trinajstić information content (AvgIpc) is 2.73. The van der Waals surface area contributed by atoms with Crippen molar-refractivity contribution in [3.8, 4) is 17.6 Å². The number of rotatable bonds is 7. The van der Waals surface area contributed by atoms with Crippen LogP contribution >= 0.6 is 0 Å². The minimum absolute atomic E-state index is 0.114. The Kier molecular flexibility index (Phi) is 7.74. The summed E-state index contributed by atoms with van der Waals surface area (Å²) in [7, 11) is 1.36. The van der Waals surface area contributed by atoms with Gasteiger partial charge in [-0.1, -0.05) is 30.6 Å². The third-order valence-electron chi connectivity index (χ3n) is 3.82. The van der Waals surface area contributed by atoms with Crippen LogP contribution < -0.4 is 4.74 Å². The number of benzene rings is 2. The average molecular weight is 376 g/mol. The van der Waals surface area contributed by atoms with Gasteiger partial charge in [0.05, 0.1) is 19.1 Å². The Bertz CT molecular complexity index is 912. The molecule has 142 valence electrons. The molecule has 28 heavy (non-hydrogen) atoms. The normalized spacial score (nSPS) is 9.61. The van der Waals surface area contributed by atoms with Crippen LogP contribution in [0, 0.1) is 11.8 Å². The second-order valence-electron chi connectivity index (χ2n) is 5.84. The topological polar surface area (TPSA) is 69.7 Å². The lowest BCUT2D eigenvalue weighted by Crippen LogP contribution is -2.08. The van der Waals surface area contributed by atoms with Gasteiger partial charge in [0.1, 0.15) is 5.75 Å². The van der Waals surface area contributed by atoms with E-state index in [0.29, 0.717) is 29.7 Å². The Labute approximate surface area is 164 Å². The van der Waals surface area contributed by atoms with E-state index in [4.69, 9.17) is 4.74 Å². The van der Waals surface area contributed by atoms with E-state index in [0.717, 1.165) is 5.56 Å². The summed E-state index contributed by atoms with van der Waals surface area (Å²) < 4.78 is 9.95. The van der Waals surface area contributed by atoms with E-state index in [1.807, 2.05) is 0 Å². The minimum Gasteiger partial charge on any atom is -0.469 e. The highest BCUT2D eigenvalue weighted by molar-refractivity contribution is 5.91. The molecular formula is C23H20O5. The van der Waals surface area contributed by atoms with Crippen LogP contribution in [-0.4, -0.2) is 24.8 Å². The maximum Gasteiger partial charge on any atom is 0.343 e. The molecule has 2 aromatic rings. The molecule has 0 heterocycles. The Morgan fingerprint density at radius 3 is 2.32 bits per heavy atom. The van der Waals surface area contributed by atoms with Crippen molar-refractivity contribution in [2.75, 3.05) is 7.11 Å². The van der Waals surface area contributed by atoms with E-state index in [9.17, 15) is 14.4 Å². The number of ketones is 1. The van der Waals surface area contributed by atoms with Crippen molar-refractivity contribution in [2.24, 2.45) is 0 Å². The van der Waals surface area contributed by atoms with Crippen LogP contribution in [0.5, 0.6) is 5.75 Å². The van der Waals surface area contributed by atoms with Crippen molar-refractivity contribution < 1.29 is 23.9 Å². The quantitative estimate of drug-likeness (QED) is 0.320. The molecule has 0 fully saturated rings. The molecule has 0 saturated carbocycles. The van der Waals surface area contributed by atoms with Crippen LogP contribution in [0.4, 0.5) is 0 Å². The van der Waals surface area contributed by atoms with E-state index >= 15 is 0 Å². The molecule has 0 atom stereocenters. The van der Waals surface area contributed by atoms with Gasteiger partial charge in [-0.05, 0) is 54.5 Å². The van der Waals surface area contributed by atoms with Crippen molar-refractivity contribution in [3.63, 3.8) is 0 Å². The zero-order valence-corrected chi connectivity index (χ0v) is 15.6. The van der Waals surface area contributed by atoms with Gasteiger partial charge in [-0.3, -0.25) is 9.59 Å². The molecule has 0 N–H and O–H groups in total. The van der Waals surface area contributed by atoms with Crippen molar-refractivity contribution in [1.29, 1.82) is 0 Å². The minimum atomic E-state index is -0.483. The fourth-order valence-corrected chi connectivity index (χ4v) is 2.23. The monoisotopic (exact) mass is 376 g/mol. The number of hydrogen-bond acceptors (Lipinski definition) is 5. The SMILES string of the molecule is C=CC(=O)CC#Cc1ccc(C(=O)Oc2ccc(CCC(=O)OC)cc2)cc1.